The molecule has 4 nitrogen and oxygen atoms in total. The van der Waals surface area contributed by atoms with Crippen molar-refractivity contribution in [2.24, 2.45) is 0 Å². The molecule has 1 aliphatic rings. The van der Waals surface area contributed by atoms with Gasteiger partial charge in [-0.2, -0.15) is 0 Å². The molecule has 0 amide bonds. The van der Waals surface area contributed by atoms with E-state index in [1.165, 1.54) is 61.8 Å². The van der Waals surface area contributed by atoms with Crippen LogP contribution in [-0.4, -0.2) is 23.6 Å². The van der Waals surface area contributed by atoms with Crippen molar-refractivity contribution in [2.75, 3.05) is 19.0 Å². The standard InChI is InChI=1S/C23H33N3O/c1-3-18(20-14-16-24-22(17-20)27-2)9-6-4-5-7-11-21-13-12-19-10-8-15-25-23(19)26-21/h12-14,16-18H,3-11,15H2,1-2H3,(H,25,26). The highest BCUT2D eigenvalue weighted by Crippen LogP contribution is 2.27. The summed E-state index contributed by atoms with van der Waals surface area (Å²) in [6.07, 6.45) is 12.8. The number of pyridine rings is 2. The quantitative estimate of drug-likeness (QED) is 0.561. The normalized spacial score (nSPS) is 14.3. The van der Waals surface area contributed by atoms with Gasteiger partial charge in [-0.15, -0.1) is 0 Å². The van der Waals surface area contributed by atoms with Crippen LogP contribution in [0.4, 0.5) is 5.82 Å². The lowest BCUT2D eigenvalue weighted by Gasteiger charge is -2.17. The van der Waals surface area contributed by atoms with Crippen LogP contribution in [0, 0.1) is 0 Å². The average Bonchev–Trinajstić information content (AvgIpc) is 2.73. The summed E-state index contributed by atoms with van der Waals surface area (Å²) in [5.74, 6) is 2.45. The Bertz CT molecular complexity index is 717. The number of nitrogens with zero attached hydrogens (tertiary/aromatic N) is 2. The number of aromatic nitrogens is 2. The van der Waals surface area contributed by atoms with Gasteiger partial charge in [0.2, 0.25) is 5.88 Å². The summed E-state index contributed by atoms with van der Waals surface area (Å²) in [7, 11) is 1.68. The maximum atomic E-state index is 5.26. The second-order valence-corrected chi connectivity index (χ2v) is 7.53. The van der Waals surface area contributed by atoms with Gasteiger partial charge in [-0.05, 0) is 67.7 Å². The zero-order valence-electron chi connectivity index (χ0n) is 16.8. The Kier molecular flexibility index (Phi) is 7.49. The van der Waals surface area contributed by atoms with Gasteiger partial charge in [0.05, 0.1) is 7.11 Å². The molecule has 3 heterocycles. The molecule has 0 saturated carbocycles. The van der Waals surface area contributed by atoms with Crippen LogP contribution < -0.4 is 10.1 Å². The van der Waals surface area contributed by atoms with Gasteiger partial charge in [-0.25, -0.2) is 9.97 Å². The van der Waals surface area contributed by atoms with E-state index in [0.29, 0.717) is 5.92 Å². The summed E-state index contributed by atoms with van der Waals surface area (Å²) < 4.78 is 5.26. The summed E-state index contributed by atoms with van der Waals surface area (Å²) in [6, 6.07) is 8.70. The third-order valence-electron chi connectivity index (χ3n) is 5.62. The number of nitrogens with one attached hydrogen (secondary N) is 1. The van der Waals surface area contributed by atoms with E-state index in [9.17, 15) is 0 Å². The van der Waals surface area contributed by atoms with Crippen LogP contribution in [0.1, 0.15) is 74.6 Å². The summed E-state index contributed by atoms with van der Waals surface area (Å²) in [4.78, 5) is 9.02. The molecule has 1 atom stereocenters. The van der Waals surface area contributed by atoms with Gasteiger partial charge in [-0.1, -0.05) is 32.3 Å². The molecule has 2 aromatic heterocycles. The molecule has 0 radical (unpaired) electrons. The van der Waals surface area contributed by atoms with E-state index in [0.717, 1.165) is 31.1 Å². The predicted molar refractivity (Wildman–Crippen MR) is 112 cm³/mol. The number of hydrogen-bond donors (Lipinski definition) is 1. The van der Waals surface area contributed by atoms with E-state index in [1.807, 2.05) is 6.20 Å². The maximum Gasteiger partial charge on any atom is 0.213 e. The molecule has 0 fully saturated rings. The highest BCUT2D eigenvalue weighted by molar-refractivity contribution is 5.47. The molecular weight excluding hydrogens is 334 g/mol. The maximum absolute atomic E-state index is 5.26. The molecule has 2 aromatic rings. The highest BCUT2D eigenvalue weighted by atomic mass is 16.5. The molecule has 4 heteroatoms. The first-order valence-corrected chi connectivity index (χ1v) is 10.5. The fraction of sp³-hybridized carbons (Fsp3) is 0.565. The summed E-state index contributed by atoms with van der Waals surface area (Å²) in [6.45, 7) is 3.33. The Morgan fingerprint density at radius 2 is 2.04 bits per heavy atom. The van der Waals surface area contributed by atoms with Gasteiger partial charge in [-0.3, -0.25) is 0 Å². The van der Waals surface area contributed by atoms with Crippen molar-refractivity contribution < 1.29 is 4.74 Å². The van der Waals surface area contributed by atoms with Crippen molar-refractivity contribution in [1.82, 2.24) is 9.97 Å². The Hall–Kier alpha value is -2.10. The second-order valence-electron chi connectivity index (χ2n) is 7.53. The number of hydrogen-bond acceptors (Lipinski definition) is 4. The second kappa shape index (κ2) is 10.3. The molecule has 0 aromatic carbocycles. The van der Waals surface area contributed by atoms with Crippen LogP contribution in [0.5, 0.6) is 5.88 Å². The number of unbranched alkanes of at least 4 members (excludes halogenated alkanes) is 3. The minimum absolute atomic E-state index is 0.607. The van der Waals surface area contributed by atoms with Crippen molar-refractivity contribution in [1.29, 1.82) is 0 Å². The summed E-state index contributed by atoms with van der Waals surface area (Å²) >= 11 is 0. The number of anilines is 1. The van der Waals surface area contributed by atoms with E-state index in [1.54, 1.807) is 7.11 Å². The monoisotopic (exact) mass is 367 g/mol. The summed E-state index contributed by atoms with van der Waals surface area (Å²) in [5, 5.41) is 3.43. The molecule has 1 unspecified atom stereocenters. The molecule has 27 heavy (non-hydrogen) atoms. The van der Waals surface area contributed by atoms with Crippen molar-refractivity contribution in [3.8, 4) is 5.88 Å². The average molecular weight is 368 g/mol. The number of methoxy groups -OCH3 is 1. The van der Waals surface area contributed by atoms with Crippen LogP contribution in [0.2, 0.25) is 0 Å². The van der Waals surface area contributed by atoms with Crippen molar-refractivity contribution >= 4 is 5.82 Å². The molecule has 1 N–H and O–H groups in total. The van der Waals surface area contributed by atoms with Crippen LogP contribution in [0.15, 0.2) is 30.5 Å². The minimum Gasteiger partial charge on any atom is -0.481 e. The minimum atomic E-state index is 0.607. The first-order valence-electron chi connectivity index (χ1n) is 10.5. The fourth-order valence-electron chi connectivity index (χ4n) is 3.96. The van der Waals surface area contributed by atoms with Crippen molar-refractivity contribution in [3.63, 3.8) is 0 Å². The van der Waals surface area contributed by atoms with E-state index in [4.69, 9.17) is 9.72 Å². The lowest BCUT2D eigenvalue weighted by atomic mass is 9.91. The van der Waals surface area contributed by atoms with Crippen molar-refractivity contribution in [2.45, 2.75) is 70.6 Å². The van der Waals surface area contributed by atoms with Gasteiger partial charge >= 0.3 is 0 Å². The third-order valence-corrected chi connectivity index (χ3v) is 5.62. The molecule has 3 rings (SSSR count). The Labute approximate surface area is 163 Å². The molecule has 0 saturated heterocycles. The molecule has 0 spiro atoms. The Morgan fingerprint density at radius 1 is 1.15 bits per heavy atom. The molecule has 1 aliphatic heterocycles. The molecule has 0 aliphatic carbocycles. The topological polar surface area (TPSA) is 47.0 Å². The number of rotatable bonds is 10. The van der Waals surface area contributed by atoms with Crippen molar-refractivity contribution in [3.05, 3.63) is 47.3 Å². The van der Waals surface area contributed by atoms with Gasteiger partial charge in [0.25, 0.3) is 0 Å². The van der Waals surface area contributed by atoms with Gasteiger partial charge in [0.1, 0.15) is 5.82 Å². The lowest BCUT2D eigenvalue weighted by molar-refractivity contribution is 0.396. The zero-order valence-corrected chi connectivity index (χ0v) is 16.8. The largest absolute Gasteiger partial charge is 0.481 e. The van der Waals surface area contributed by atoms with Crippen LogP contribution in [0.3, 0.4) is 0 Å². The summed E-state index contributed by atoms with van der Waals surface area (Å²) in [5.41, 5.74) is 3.97. The lowest BCUT2D eigenvalue weighted by Crippen LogP contribution is -2.13. The van der Waals surface area contributed by atoms with E-state index in [-0.39, 0.29) is 0 Å². The molecular formula is C23H33N3O. The Morgan fingerprint density at radius 3 is 2.89 bits per heavy atom. The Balaban J connectivity index is 1.37. The first-order chi connectivity index (χ1) is 13.3. The van der Waals surface area contributed by atoms with E-state index < -0.39 is 0 Å². The van der Waals surface area contributed by atoms with Crippen LogP contribution in [0.25, 0.3) is 0 Å². The molecule has 146 valence electrons. The fourth-order valence-corrected chi connectivity index (χ4v) is 3.96. The van der Waals surface area contributed by atoms with E-state index >= 15 is 0 Å². The van der Waals surface area contributed by atoms with Gasteiger partial charge in [0, 0.05) is 24.5 Å². The third kappa shape index (κ3) is 5.69. The number of aryl methyl sites for hydroxylation is 2. The smallest absolute Gasteiger partial charge is 0.213 e. The molecule has 0 bridgehead atoms. The highest BCUT2D eigenvalue weighted by Gasteiger charge is 2.11. The SMILES string of the molecule is CCC(CCCCCCc1ccc2c(n1)NCCC2)c1ccnc(OC)c1. The van der Waals surface area contributed by atoms with Gasteiger partial charge < -0.3 is 10.1 Å². The number of ether oxygens (including phenoxy) is 1. The van der Waals surface area contributed by atoms with E-state index in [2.05, 4.69) is 41.5 Å². The van der Waals surface area contributed by atoms with Crippen LogP contribution >= 0.6 is 0 Å². The zero-order chi connectivity index (χ0) is 18.9. The van der Waals surface area contributed by atoms with Crippen LogP contribution in [-0.2, 0) is 12.8 Å². The first kappa shape index (κ1) is 19.7. The number of fused-ring (bicyclic) bond motifs is 1. The predicted octanol–water partition coefficient (Wildman–Crippen LogP) is 5.53. The van der Waals surface area contributed by atoms with Gasteiger partial charge in [0.15, 0.2) is 0 Å².